The summed E-state index contributed by atoms with van der Waals surface area (Å²) in [6.45, 7) is 4.17. The van der Waals surface area contributed by atoms with Gasteiger partial charge in [0.25, 0.3) is 5.91 Å². The molecule has 2 aromatic carbocycles. The number of anilines is 2. The topological polar surface area (TPSA) is 84.9 Å². The minimum Gasteiger partial charge on any atom is -0.492 e. The lowest BCUT2D eigenvalue weighted by molar-refractivity contribution is -0.151. The number of ether oxygens (including phenoxy) is 2. The van der Waals surface area contributed by atoms with Crippen LogP contribution in [0.25, 0.3) is 0 Å². The van der Waals surface area contributed by atoms with Crippen molar-refractivity contribution in [2.75, 3.05) is 30.0 Å². The molecule has 1 heterocycles. The average molecular weight is 410 g/mol. The molecule has 1 unspecified atom stereocenters. The molecule has 7 heteroatoms. The Morgan fingerprint density at radius 1 is 1.10 bits per heavy atom. The predicted molar refractivity (Wildman–Crippen MR) is 113 cm³/mol. The van der Waals surface area contributed by atoms with Crippen molar-refractivity contribution in [2.45, 2.75) is 26.7 Å². The molecule has 1 aliphatic heterocycles. The van der Waals surface area contributed by atoms with Crippen LogP contribution < -0.4 is 15.0 Å². The zero-order chi connectivity index (χ0) is 21.5. The number of para-hydroxylation sites is 3. The molecule has 0 aliphatic carbocycles. The molecule has 0 bridgehead atoms. The fourth-order valence-corrected chi connectivity index (χ4v) is 3.46. The van der Waals surface area contributed by atoms with Crippen LogP contribution in [0.1, 0.15) is 25.8 Å². The summed E-state index contributed by atoms with van der Waals surface area (Å²) in [6.07, 6.45) is 0.865. The van der Waals surface area contributed by atoms with Gasteiger partial charge < -0.3 is 19.7 Å². The highest BCUT2D eigenvalue weighted by atomic mass is 16.5. The van der Waals surface area contributed by atoms with Gasteiger partial charge >= 0.3 is 5.97 Å². The Hall–Kier alpha value is -3.35. The van der Waals surface area contributed by atoms with E-state index in [1.807, 2.05) is 38.1 Å². The molecule has 7 nitrogen and oxygen atoms in total. The van der Waals surface area contributed by atoms with E-state index in [4.69, 9.17) is 9.47 Å². The quantitative estimate of drug-likeness (QED) is 0.676. The third kappa shape index (κ3) is 4.97. The molecule has 2 aromatic rings. The maximum absolute atomic E-state index is 12.5. The Kier molecular flexibility index (Phi) is 7.06. The number of aryl methyl sites for hydroxylation is 1. The number of hydrogen-bond acceptors (Lipinski definition) is 5. The summed E-state index contributed by atoms with van der Waals surface area (Å²) in [5.41, 5.74) is 2.39. The van der Waals surface area contributed by atoms with Gasteiger partial charge in [-0.1, -0.05) is 37.3 Å². The molecule has 1 N–H and O–H groups in total. The van der Waals surface area contributed by atoms with Gasteiger partial charge in [-0.2, -0.15) is 0 Å². The number of amides is 2. The molecule has 1 fully saturated rings. The minimum atomic E-state index is -0.592. The highest BCUT2D eigenvalue weighted by molar-refractivity contribution is 6.00. The van der Waals surface area contributed by atoms with Crippen LogP contribution in [-0.4, -0.2) is 37.5 Å². The predicted octanol–water partition coefficient (Wildman–Crippen LogP) is 3.18. The van der Waals surface area contributed by atoms with Gasteiger partial charge in [-0.15, -0.1) is 0 Å². The standard InChI is InChI=1S/C23H26N2O5/c1-3-16-9-5-7-11-19(16)25-14-17(13-22(25)27)23(28)30-15-21(26)24-18-10-6-8-12-20(18)29-4-2/h5-12,17H,3-4,13-15H2,1-2H3,(H,24,26). The van der Waals surface area contributed by atoms with E-state index in [1.165, 1.54) is 0 Å². The fourth-order valence-electron chi connectivity index (χ4n) is 3.46. The van der Waals surface area contributed by atoms with E-state index in [0.29, 0.717) is 18.0 Å². The van der Waals surface area contributed by atoms with Crippen LogP contribution in [0.5, 0.6) is 5.75 Å². The van der Waals surface area contributed by atoms with E-state index in [2.05, 4.69) is 5.32 Å². The molecule has 3 rings (SSSR count). The molecule has 2 amide bonds. The van der Waals surface area contributed by atoms with Gasteiger partial charge in [-0.25, -0.2) is 0 Å². The molecular formula is C23H26N2O5. The minimum absolute atomic E-state index is 0.0751. The van der Waals surface area contributed by atoms with Gasteiger partial charge in [0, 0.05) is 18.7 Å². The van der Waals surface area contributed by atoms with Crippen molar-refractivity contribution < 1.29 is 23.9 Å². The molecule has 1 saturated heterocycles. The molecule has 0 aromatic heterocycles. The van der Waals surface area contributed by atoms with Crippen molar-refractivity contribution in [3.8, 4) is 5.75 Å². The number of benzene rings is 2. The highest BCUT2D eigenvalue weighted by Crippen LogP contribution is 2.29. The Morgan fingerprint density at radius 3 is 2.60 bits per heavy atom. The number of carbonyl (C=O) groups is 3. The van der Waals surface area contributed by atoms with Crippen molar-refractivity contribution in [3.63, 3.8) is 0 Å². The maximum atomic E-state index is 12.5. The number of carbonyl (C=O) groups excluding carboxylic acids is 3. The summed E-state index contributed by atoms with van der Waals surface area (Å²) in [5, 5.41) is 2.68. The van der Waals surface area contributed by atoms with E-state index < -0.39 is 24.4 Å². The van der Waals surface area contributed by atoms with Gasteiger partial charge in [0.15, 0.2) is 6.61 Å². The monoisotopic (exact) mass is 410 g/mol. The highest BCUT2D eigenvalue weighted by Gasteiger charge is 2.37. The van der Waals surface area contributed by atoms with Gasteiger partial charge in [-0.3, -0.25) is 14.4 Å². The lowest BCUT2D eigenvalue weighted by Crippen LogP contribution is -2.28. The van der Waals surface area contributed by atoms with Crippen LogP contribution in [0.2, 0.25) is 0 Å². The Bertz CT molecular complexity index is 927. The van der Waals surface area contributed by atoms with Crippen molar-refractivity contribution in [2.24, 2.45) is 5.92 Å². The summed E-state index contributed by atoms with van der Waals surface area (Å²) in [4.78, 5) is 38.7. The van der Waals surface area contributed by atoms with E-state index >= 15 is 0 Å². The number of nitrogens with zero attached hydrogens (tertiary/aromatic N) is 1. The van der Waals surface area contributed by atoms with Crippen molar-refractivity contribution in [1.29, 1.82) is 0 Å². The lowest BCUT2D eigenvalue weighted by atomic mass is 10.1. The van der Waals surface area contributed by atoms with Gasteiger partial charge in [0.05, 0.1) is 18.2 Å². The van der Waals surface area contributed by atoms with Crippen LogP contribution in [-0.2, 0) is 25.5 Å². The van der Waals surface area contributed by atoms with Crippen LogP contribution in [0, 0.1) is 5.92 Å². The van der Waals surface area contributed by atoms with E-state index in [0.717, 1.165) is 17.7 Å². The molecule has 0 saturated carbocycles. The number of esters is 1. The summed E-state index contributed by atoms with van der Waals surface area (Å²) < 4.78 is 10.6. The van der Waals surface area contributed by atoms with Crippen LogP contribution >= 0.6 is 0 Å². The first-order valence-electron chi connectivity index (χ1n) is 10.1. The van der Waals surface area contributed by atoms with Gasteiger partial charge in [-0.05, 0) is 37.1 Å². The van der Waals surface area contributed by atoms with Crippen molar-refractivity contribution in [3.05, 3.63) is 54.1 Å². The Balaban J connectivity index is 1.55. The zero-order valence-corrected chi connectivity index (χ0v) is 17.2. The lowest BCUT2D eigenvalue weighted by Gasteiger charge is -2.19. The molecule has 0 spiro atoms. The third-order valence-corrected chi connectivity index (χ3v) is 4.93. The molecule has 1 atom stereocenters. The second-order valence-corrected chi connectivity index (χ2v) is 6.97. The fraction of sp³-hybridized carbons (Fsp3) is 0.348. The van der Waals surface area contributed by atoms with Crippen LogP contribution in [0.3, 0.4) is 0 Å². The Morgan fingerprint density at radius 2 is 1.83 bits per heavy atom. The maximum Gasteiger partial charge on any atom is 0.311 e. The van der Waals surface area contributed by atoms with Crippen LogP contribution in [0.15, 0.2) is 48.5 Å². The third-order valence-electron chi connectivity index (χ3n) is 4.93. The molecule has 1 aliphatic rings. The van der Waals surface area contributed by atoms with Gasteiger partial charge in [0.2, 0.25) is 5.91 Å². The smallest absolute Gasteiger partial charge is 0.311 e. The van der Waals surface area contributed by atoms with E-state index in [1.54, 1.807) is 29.2 Å². The first-order valence-corrected chi connectivity index (χ1v) is 10.1. The summed E-state index contributed by atoms with van der Waals surface area (Å²) in [5.74, 6) is -1.17. The van der Waals surface area contributed by atoms with Crippen molar-refractivity contribution in [1.82, 2.24) is 0 Å². The first-order chi connectivity index (χ1) is 14.5. The molecule has 30 heavy (non-hydrogen) atoms. The summed E-state index contributed by atoms with van der Waals surface area (Å²) >= 11 is 0. The van der Waals surface area contributed by atoms with Crippen LogP contribution in [0.4, 0.5) is 11.4 Å². The normalized spacial score (nSPS) is 15.7. The number of nitrogens with one attached hydrogen (secondary N) is 1. The summed E-state index contributed by atoms with van der Waals surface area (Å²) in [6, 6.07) is 14.7. The Labute approximate surface area is 176 Å². The molecule has 0 radical (unpaired) electrons. The van der Waals surface area contributed by atoms with Gasteiger partial charge in [0.1, 0.15) is 5.75 Å². The second kappa shape index (κ2) is 9.91. The van der Waals surface area contributed by atoms with E-state index in [-0.39, 0.29) is 18.9 Å². The average Bonchev–Trinajstić information content (AvgIpc) is 3.15. The SMILES string of the molecule is CCOc1ccccc1NC(=O)COC(=O)C1CC(=O)N(c2ccccc2CC)C1. The second-order valence-electron chi connectivity index (χ2n) is 6.97. The van der Waals surface area contributed by atoms with Crippen molar-refractivity contribution >= 4 is 29.2 Å². The van der Waals surface area contributed by atoms with E-state index in [9.17, 15) is 14.4 Å². The number of rotatable bonds is 8. The molecule has 158 valence electrons. The zero-order valence-electron chi connectivity index (χ0n) is 17.2. The molecular weight excluding hydrogens is 384 g/mol. The number of hydrogen-bond donors (Lipinski definition) is 1. The first kappa shape index (κ1) is 21.4. The largest absolute Gasteiger partial charge is 0.492 e. The summed E-state index contributed by atoms with van der Waals surface area (Å²) in [7, 11) is 0.